The summed E-state index contributed by atoms with van der Waals surface area (Å²) >= 11 is 0. The molecule has 1 saturated carbocycles. The lowest BCUT2D eigenvalue weighted by atomic mass is 9.60. The second-order valence-corrected chi connectivity index (χ2v) is 7.84. The summed E-state index contributed by atoms with van der Waals surface area (Å²) in [6.07, 6.45) is 5.84. The van der Waals surface area contributed by atoms with Gasteiger partial charge in [0.25, 0.3) is 0 Å². The van der Waals surface area contributed by atoms with Crippen LogP contribution in [0.15, 0.2) is 0 Å². The molecule has 2 rings (SSSR count). The van der Waals surface area contributed by atoms with E-state index in [2.05, 4.69) is 46.4 Å². The smallest absolute Gasteiger partial charge is 0.0215 e. The van der Waals surface area contributed by atoms with Gasteiger partial charge in [-0.3, -0.25) is 4.90 Å². The minimum atomic E-state index is 0.592. The van der Waals surface area contributed by atoms with Gasteiger partial charge in [-0.15, -0.1) is 0 Å². The first kappa shape index (κ1) is 14.4. The molecule has 1 spiro atoms. The van der Waals surface area contributed by atoms with Crippen LogP contribution in [-0.2, 0) is 0 Å². The lowest BCUT2D eigenvalue weighted by Gasteiger charge is -2.60. The van der Waals surface area contributed by atoms with Gasteiger partial charge in [-0.25, -0.2) is 0 Å². The normalized spacial score (nSPS) is 32.5. The second-order valence-electron chi connectivity index (χ2n) is 7.84. The van der Waals surface area contributed by atoms with Gasteiger partial charge in [0.1, 0.15) is 0 Å². The third-order valence-corrected chi connectivity index (χ3v) is 5.80. The van der Waals surface area contributed by atoms with Gasteiger partial charge in [0, 0.05) is 18.1 Å². The third-order valence-electron chi connectivity index (χ3n) is 5.80. The van der Waals surface area contributed by atoms with Crippen molar-refractivity contribution in [1.82, 2.24) is 4.90 Å². The van der Waals surface area contributed by atoms with Crippen LogP contribution in [-0.4, -0.2) is 23.0 Å². The number of hydrogen-bond donors (Lipinski definition) is 0. The minimum absolute atomic E-state index is 0.592. The van der Waals surface area contributed by atoms with Gasteiger partial charge in [0.05, 0.1) is 0 Å². The molecule has 1 heteroatoms. The summed E-state index contributed by atoms with van der Waals surface area (Å²) < 4.78 is 0. The standard InChI is InChI=1S/C17H33N/c1-12(2)15-10-17(8-7-9-17)18(14(5)6)11-16(15)13(3)4/h12-16H,7-11H2,1-6H3/t15?,16-/m0/s1. The first-order valence-electron chi connectivity index (χ1n) is 8.14. The van der Waals surface area contributed by atoms with Crippen LogP contribution < -0.4 is 0 Å². The molecule has 18 heavy (non-hydrogen) atoms. The number of nitrogens with zero attached hydrogens (tertiary/aromatic N) is 1. The van der Waals surface area contributed by atoms with Gasteiger partial charge in [-0.1, -0.05) is 27.7 Å². The van der Waals surface area contributed by atoms with Gasteiger partial charge >= 0.3 is 0 Å². The molecule has 1 heterocycles. The highest BCUT2D eigenvalue weighted by molar-refractivity contribution is 5.05. The monoisotopic (exact) mass is 251 g/mol. The van der Waals surface area contributed by atoms with Crippen molar-refractivity contribution in [3.05, 3.63) is 0 Å². The fourth-order valence-electron chi connectivity index (χ4n) is 4.53. The quantitative estimate of drug-likeness (QED) is 0.710. The molecule has 0 N–H and O–H groups in total. The van der Waals surface area contributed by atoms with Crippen molar-refractivity contribution >= 4 is 0 Å². The van der Waals surface area contributed by atoms with Crippen molar-refractivity contribution in [1.29, 1.82) is 0 Å². The number of likely N-dealkylation sites (tertiary alicyclic amines) is 1. The summed E-state index contributed by atoms with van der Waals surface area (Å²) in [4.78, 5) is 2.86. The molecule has 2 fully saturated rings. The highest BCUT2D eigenvalue weighted by atomic mass is 15.2. The fraction of sp³-hybridized carbons (Fsp3) is 1.00. The van der Waals surface area contributed by atoms with Crippen molar-refractivity contribution in [2.75, 3.05) is 6.54 Å². The highest BCUT2D eigenvalue weighted by Gasteiger charge is 2.51. The number of hydrogen-bond acceptors (Lipinski definition) is 1. The van der Waals surface area contributed by atoms with Crippen molar-refractivity contribution < 1.29 is 0 Å². The number of piperidine rings is 1. The van der Waals surface area contributed by atoms with E-state index >= 15 is 0 Å². The van der Waals surface area contributed by atoms with Crippen LogP contribution in [0.25, 0.3) is 0 Å². The van der Waals surface area contributed by atoms with Crippen molar-refractivity contribution in [2.45, 2.75) is 78.8 Å². The van der Waals surface area contributed by atoms with Gasteiger partial charge < -0.3 is 0 Å². The summed E-state index contributed by atoms with van der Waals surface area (Å²) in [6, 6.07) is 0.722. The third kappa shape index (κ3) is 2.35. The van der Waals surface area contributed by atoms with E-state index in [0.717, 1.165) is 29.7 Å². The molecule has 2 atom stereocenters. The Hall–Kier alpha value is -0.0400. The molecule has 0 radical (unpaired) electrons. The molecule has 0 amide bonds. The zero-order chi connectivity index (χ0) is 13.5. The van der Waals surface area contributed by atoms with Gasteiger partial charge in [0.2, 0.25) is 0 Å². The van der Waals surface area contributed by atoms with Crippen LogP contribution in [0.5, 0.6) is 0 Å². The predicted octanol–water partition coefficient (Wildman–Crippen LogP) is 4.57. The summed E-state index contributed by atoms with van der Waals surface area (Å²) in [5.74, 6) is 3.53. The Morgan fingerprint density at radius 1 is 0.889 bits per heavy atom. The van der Waals surface area contributed by atoms with Gasteiger partial charge in [0.15, 0.2) is 0 Å². The molecule has 1 saturated heterocycles. The summed E-state index contributed by atoms with van der Waals surface area (Å²) in [6.45, 7) is 15.9. The average Bonchev–Trinajstić information content (AvgIpc) is 2.24. The van der Waals surface area contributed by atoms with Crippen LogP contribution in [0.2, 0.25) is 0 Å². The summed E-state index contributed by atoms with van der Waals surface area (Å²) in [5.41, 5.74) is 0.592. The fourth-order valence-corrected chi connectivity index (χ4v) is 4.53. The molecule has 1 aliphatic heterocycles. The maximum absolute atomic E-state index is 2.86. The minimum Gasteiger partial charge on any atom is -0.295 e. The van der Waals surface area contributed by atoms with E-state index in [1.165, 1.54) is 32.2 Å². The van der Waals surface area contributed by atoms with E-state index in [4.69, 9.17) is 0 Å². The maximum atomic E-state index is 2.86. The predicted molar refractivity (Wildman–Crippen MR) is 79.7 cm³/mol. The average molecular weight is 251 g/mol. The van der Waals surface area contributed by atoms with E-state index in [0.29, 0.717) is 5.54 Å². The molecule has 1 nitrogen and oxygen atoms in total. The van der Waals surface area contributed by atoms with E-state index in [9.17, 15) is 0 Å². The first-order chi connectivity index (χ1) is 8.37. The van der Waals surface area contributed by atoms with E-state index < -0.39 is 0 Å². The summed E-state index contributed by atoms with van der Waals surface area (Å²) in [7, 11) is 0. The van der Waals surface area contributed by atoms with Gasteiger partial charge in [-0.05, 0) is 63.2 Å². The maximum Gasteiger partial charge on any atom is 0.0215 e. The van der Waals surface area contributed by atoms with Crippen molar-refractivity contribution in [3.8, 4) is 0 Å². The molecular formula is C17H33N. The second kappa shape index (κ2) is 5.15. The molecule has 0 aromatic carbocycles. The Morgan fingerprint density at radius 2 is 1.44 bits per heavy atom. The van der Waals surface area contributed by atoms with Crippen LogP contribution in [0, 0.1) is 23.7 Å². The first-order valence-corrected chi connectivity index (χ1v) is 8.14. The SMILES string of the molecule is CC(C)C1CC2(CCC2)N(C(C)C)C[C@H]1C(C)C. The van der Waals surface area contributed by atoms with Crippen molar-refractivity contribution in [3.63, 3.8) is 0 Å². The molecule has 0 bridgehead atoms. The Balaban J connectivity index is 2.21. The largest absolute Gasteiger partial charge is 0.295 e. The van der Waals surface area contributed by atoms with E-state index in [1.807, 2.05) is 0 Å². The molecular weight excluding hydrogens is 218 g/mol. The Kier molecular flexibility index (Phi) is 4.11. The molecule has 1 unspecified atom stereocenters. The van der Waals surface area contributed by atoms with Crippen LogP contribution >= 0.6 is 0 Å². The highest BCUT2D eigenvalue weighted by Crippen LogP contribution is 2.51. The van der Waals surface area contributed by atoms with E-state index in [-0.39, 0.29) is 0 Å². The summed E-state index contributed by atoms with van der Waals surface area (Å²) in [5, 5.41) is 0. The number of rotatable bonds is 3. The topological polar surface area (TPSA) is 3.24 Å². The molecule has 0 aromatic heterocycles. The van der Waals surface area contributed by atoms with Gasteiger partial charge in [-0.2, -0.15) is 0 Å². The zero-order valence-corrected chi connectivity index (χ0v) is 13.4. The van der Waals surface area contributed by atoms with Crippen LogP contribution in [0.3, 0.4) is 0 Å². The molecule has 106 valence electrons. The molecule has 2 aliphatic rings. The van der Waals surface area contributed by atoms with Crippen molar-refractivity contribution in [2.24, 2.45) is 23.7 Å². The zero-order valence-electron chi connectivity index (χ0n) is 13.4. The Labute approximate surface area is 114 Å². The lowest BCUT2D eigenvalue weighted by Crippen LogP contribution is -2.63. The lowest BCUT2D eigenvalue weighted by molar-refractivity contribution is -0.0989. The Bertz CT molecular complexity index is 275. The van der Waals surface area contributed by atoms with Crippen LogP contribution in [0.1, 0.15) is 67.2 Å². The Morgan fingerprint density at radius 3 is 1.78 bits per heavy atom. The van der Waals surface area contributed by atoms with Crippen LogP contribution in [0.4, 0.5) is 0 Å². The molecule has 1 aliphatic carbocycles. The van der Waals surface area contributed by atoms with E-state index in [1.54, 1.807) is 0 Å². The molecule has 0 aromatic rings.